The molecular weight excluding hydrogens is 246 g/mol. The summed E-state index contributed by atoms with van der Waals surface area (Å²) < 4.78 is 10.0. The highest BCUT2D eigenvalue weighted by Crippen LogP contribution is 2.06. The Bertz CT molecular complexity index is 423. The molecule has 0 atom stereocenters. The predicted octanol–water partition coefficient (Wildman–Crippen LogP) is 2.37. The van der Waals surface area contributed by atoms with Crippen LogP contribution in [0, 0.1) is 0 Å². The molecule has 0 aromatic heterocycles. The Morgan fingerprint density at radius 3 is 2.37 bits per heavy atom. The number of hydrogen-bond donors (Lipinski definition) is 1. The zero-order valence-corrected chi connectivity index (χ0v) is 11.4. The second kappa shape index (κ2) is 6.78. The van der Waals surface area contributed by atoms with Crippen LogP contribution in [-0.2, 0) is 9.47 Å². The van der Waals surface area contributed by atoms with E-state index in [-0.39, 0.29) is 13.2 Å². The summed E-state index contributed by atoms with van der Waals surface area (Å²) in [7, 11) is 0. The third-order valence-corrected chi connectivity index (χ3v) is 2.01. The molecule has 1 rings (SSSR count). The molecule has 0 fully saturated rings. The van der Waals surface area contributed by atoms with Crippen molar-refractivity contribution in [3.05, 3.63) is 35.9 Å². The Kier molecular flexibility index (Phi) is 5.36. The second-order valence-corrected chi connectivity index (χ2v) is 4.93. The van der Waals surface area contributed by atoms with Crippen molar-refractivity contribution in [2.45, 2.75) is 26.4 Å². The minimum atomic E-state index is -0.537. The van der Waals surface area contributed by atoms with Gasteiger partial charge in [-0.05, 0) is 32.9 Å². The van der Waals surface area contributed by atoms with E-state index in [0.29, 0.717) is 5.56 Å². The molecule has 0 aliphatic carbocycles. The summed E-state index contributed by atoms with van der Waals surface area (Å²) in [5.74, 6) is -0.411. The number of hydrogen-bond acceptors (Lipinski definition) is 4. The predicted molar refractivity (Wildman–Crippen MR) is 71.0 cm³/mol. The molecule has 0 saturated carbocycles. The maximum atomic E-state index is 11.6. The molecule has 0 heterocycles. The maximum Gasteiger partial charge on any atom is 0.407 e. The summed E-state index contributed by atoms with van der Waals surface area (Å²) in [6, 6.07) is 8.68. The largest absolute Gasteiger partial charge is 0.460 e. The summed E-state index contributed by atoms with van der Waals surface area (Å²) in [5.41, 5.74) is -0.0510. The number of carbonyl (C=O) groups excluding carboxylic acids is 2. The molecule has 0 spiro atoms. The van der Waals surface area contributed by atoms with Crippen LogP contribution in [0.2, 0.25) is 0 Å². The minimum Gasteiger partial charge on any atom is -0.460 e. The van der Waals surface area contributed by atoms with Crippen LogP contribution < -0.4 is 5.32 Å². The van der Waals surface area contributed by atoms with Crippen molar-refractivity contribution in [2.75, 3.05) is 13.2 Å². The van der Waals surface area contributed by atoms with E-state index in [1.807, 2.05) is 6.07 Å². The maximum absolute atomic E-state index is 11.6. The summed E-state index contributed by atoms with van der Waals surface area (Å²) in [6.07, 6.45) is -0.525. The Hall–Kier alpha value is -2.04. The summed E-state index contributed by atoms with van der Waals surface area (Å²) in [6.45, 7) is 5.66. The summed E-state index contributed by atoms with van der Waals surface area (Å²) >= 11 is 0. The Morgan fingerprint density at radius 1 is 1.16 bits per heavy atom. The smallest absolute Gasteiger partial charge is 0.407 e. The van der Waals surface area contributed by atoms with Crippen LogP contribution in [0.25, 0.3) is 0 Å². The van der Waals surface area contributed by atoms with E-state index in [1.54, 1.807) is 45.0 Å². The van der Waals surface area contributed by atoms with Crippen LogP contribution in [-0.4, -0.2) is 30.8 Å². The van der Waals surface area contributed by atoms with Gasteiger partial charge in [0, 0.05) is 0 Å². The van der Waals surface area contributed by atoms with Crippen molar-refractivity contribution >= 4 is 12.1 Å². The zero-order chi connectivity index (χ0) is 14.3. The molecule has 1 N–H and O–H groups in total. The molecule has 104 valence electrons. The third-order valence-electron chi connectivity index (χ3n) is 2.01. The van der Waals surface area contributed by atoms with E-state index in [9.17, 15) is 9.59 Å². The normalized spacial score (nSPS) is 10.7. The highest BCUT2D eigenvalue weighted by molar-refractivity contribution is 5.89. The van der Waals surface area contributed by atoms with Gasteiger partial charge in [0.05, 0.1) is 12.1 Å². The molecule has 0 saturated heterocycles. The SMILES string of the molecule is CC(C)(C)OC(=O)NCCOC(=O)c1ccccc1. The third kappa shape index (κ3) is 6.45. The standard InChI is InChI=1S/C14H19NO4/c1-14(2,3)19-13(17)15-9-10-18-12(16)11-7-5-4-6-8-11/h4-8H,9-10H2,1-3H3,(H,15,17). The average Bonchev–Trinajstić information content (AvgIpc) is 2.33. The topological polar surface area (TPSA) is 64.6 Å². The zero-order valence-electron chi connectivity index (χ0n) is 11.4. The van der Waals surface area contributed by atoms with Gasteiger partial charge in [-0.3, -0.25) is 0 Å². The van der Waals surface area contributed by atoms with Gasteiger partial charge in [0.1, 0.15) is 12.2 Å². The molecule has 1 aromatic carbocycles. The van der Waals surface area contributed by atoms with E-state index in [0.717, 1.165) is 0 Å². The molecule has 19 heavy (non-hydrogen) atoms. The van der Waals surface area contributed by atoms with Crippen LogP contribution in [0.3, 0.4) is 0 Å². The fourth-order valence-corrected chi connectivity index (χ4v) is 1.27. The van der Waals surface area contributed by atoms with Gasteiger partial charge in [0.15, 0.2) is 0 Å². The van der Waals surface area contributed by atoms with Gasteiger partial charge in [0.25, 0.3) is 0 Å². The fraction of sp³-hybridized carbons (Fsp3) is 0.429. The monoisotopic (exact) mass is 265 g/mol. The van der Waals surface area contributed by atoms with Crippen molar-refractivity contribution < 1.29 is 19.1 Å². The molecular formula is C14H19NO4. The molecule has 0 unspecified atom stereocenters. The van der Waals surface area contributed by atoms with Gasteiger partial charge in [-0.2, -0.15) is 0 Å². The van der Waals surface area contributed by atoms with Crippen LogP contribution in [0.15, 0.2) is 30.3 Å². The van der Waals surface area contributed by atoms with Crippen LogP contribution in [0.5, 0.6) is 0 Å². The first-order valence-electron chi connectivity index (χ1n) is 6.07. The van der Waals surface area contributed by atoms with E-state index >= 15 is 0 Å². The van der Waals surface area contributed by atoms with E-state index < -0.39 is 17.7 Å². The Morgan fingerprint density at radius 2 is 1.79 bits per heavy atom. The first kappa shape index (κ1) is 15.0. The van der Waals surface area contributed by atoms with Gasteiger partial charge in [-0.25, -0.2) is 9.59 Å². The van der Waals surface area contributed by atoms with Gasteiger partial charge in [-0.15, -0.1) is 0 Å². The average molecular weight is 265 g/mol. The van der Waals surface area contributed by atoms with E-state index in [2.05, 4.69) is 5.32 Å². The Balaban J connectivity index is 2.21. The number of carbonyl (C=O) groups is 2. The molecule has 0 aliphatic heterocycles. The molecule has 0 radical (unpaired) electrons. The van der Waals surface area contributed by atoms with Gasteiger partial charge >= 0.3 is 12.1 Å². The minimum absolute atomic E-state index is 0.104. The van der Waals surface area contributed by atoms with Crippen molar-refractivity contribution in [3.63, 3.8) is 0 Å². The lowest BCUT2D eigenvalue weighted by Crippen LogP contribution is -2.34. The van der Waals surface area contributed by atoms with Crippen LogP contribution in [0.1, 0.15) is 31.1 Å². The second-order valence-electron chi connectivity index (χ2n) is 4.93. The van der Waals surface area contributed by atoms with Crippen LogP contribution in [0.4, 0.5) is 4.79 Å². The molecule has 1 amide bonds. The van der Waals surface area contributed by atoms with Gasteiger partial charge in [0.2, 0.25) is 0 Å². The molecule has 5 nitrogen and oxygen atoms in total. The molecule has 5 heteroatoms. The number of rotatable bonds is 4. The van der Waals surface area contributed by atoms with Crippen molar-refractivity contribution in [2.24, 2.45) is 0 Å². The van der Waals surface area contributed by atoms with Crippen LogP contribution >= 0.6 is 0 Å². The quantitative estimate of drug-likeness (QED) is 0.670. The van der Waals surface area contributed by atoms with Crippen molar-refractivity contribution in [3.8, 4) is 0 Å². The van der Waals surface area contributed by atoms with Crippen molar-refractivity contribution in [1.82, 2.24) is 5.32 Å². The molecule has 0 aliphatic rings. The summed E-state index contributed by atoms with van der Waals surface area (Å²) in [4.78, 5) is 22.9. The van der Waals surface area contributed by atoms with E-state index in [4.69, 9.17) is 9.47 Å². The lowest BCUT2D eigenvalue weighted by molar-refractivity contribution is 0.0433. The number of amides is 1. The summed E-state index contributed by atoms with van der Waals surface area (Å²) in [5, 5.41) is 2.51. The van der Waals surface area contributed by atoms with Crippen molar-refractivity contribution in [1.29, 1.82) is 0 Å². The first-order valence-corrected chi connectivity index (χ1v) is 6.07. The Labute approximate surface area is 112 Å². The molecule has 1 aromatic rings. The van der Waals surface area contributed by atoms with Gasteiger partial charge < -0.3 is 14.8 Å². The number of nitrogens with one attached hydrogen (secondary N) is 1. The fourth-order valence-electron chi connectivity index (χ4n) is 1.27. The lowest BCUT2D eigenvalue weighted by Gasteiger charge is -2.19. The number of ether oxygens (including phenoxy) is 2. The van der Waals surface area contributed by atoms with E-state index in [1.165, 1.54) is 0 Å². The first-order chi connectivity index (χ1) is 8.88. The molecule has 0 bridgehead atoms. The lowest BCUT2D eigenvalue weighted by atomic mass is 10.2. The highest BCUT2D eigenvalue weighted by Gasteiger charge is 2.15. The van der Waals surface area contributed by atoms with Gasteiger partial charge in [-0.1, -0.05) is 18.2 Å². The number of esters is 1. The highest BCUT2D eigenvalue weighted by atomic mass is 16.6. The number of benzene rings is 1. The number of alkyl carbamates (subject to hydrolysis) is 1.